The lowest BCUT2D eigenvalue weighted by atomic mass is 9.95. The van der Waals surface area contributed by atoms with Gasteiger partial charge in [0.1, 0.15) is 5.75 Å². The first-order chi connectivity index (χ1) is 17.6. The quantitative estimate of drug-likeness (QED) is 0.187. The number of fused-ring (bicyclic) bond motifs is 1. The number of allylic oxidation sites excluding steroid dienone is 1. The molecule has 1 atom stereocenters. The zero-order valence-corrected chi connectivity index (χ0v) is 22.3. The lowest BCUT2D eigenvalue weighted by Crippen LogP contribution is -2.40. The van der Waals surface area contributed by atoms with E-state index in [1.165, 1.54) is 29.7 Å². The van der Waals surface area contributed by atoms with Crippen molar-refractivity contribution >= 4 is 51.0 Å². The number of halogens is 1. The van der Waals surface area contributed by atoms with Crippen molar-refractivity contribution in [3.05, 3.63) is 99.1 Å². The first-order valence-electron chi connectivity index (χ1n) is 11.0. The van der Waals surface area contributed by atoms with Crippen LogP contribution in [0.5, 0.6) is 5.75 Å². The van der Waals surface area contributed by atoms with E-state index < -0.39 is 28.5 Å². The number of carbonyl (C=O) groups is 2. The Kier molecular flexibility index (Phi) is 7.50. The number of benzene rings is 2. The zero-order valence-electron chi connectivity index (χ0n) is 19.9. The van der Waals surface area contributed by atoms with Crippen LogP contribution in [0, 0.1) is 10.1 Å². The molecule has 0 saturated heterocycles. The van der Waals surface area contributed by atoms with E-state index in [0.29, 0.717) is 26.1 Å². The van der Waals surface area contributed by atoms with Crippen LogP contribution in [0.25, 0.3) is 6.08 Å². The third kappa shape index (κ3) is 5.30. The van der Waals surface area contributed by atoms with E-state index in [4.69, 9.17) is 9.47 Å². The monoisotopic (exact) mass is 585 g/mol. The predicted octanol–water partition coefficient (Wildman–Crippen LogP) is 3.39. The number of hydrogen-bond acceptors (Lipinski definition) is 9. The van der Waals surface area contributed by atoms with Crippen molar-refractivity contribution in [1.29, 1.82) is 0 Å². The van der Waals surface area contributed by atoms with Gasteiger partial charge < -0.3 is 9.47 Å². The summed E-state index contributed by atoms with van der Waals surface area (Å²) in [5, 5.41) is 11.4. The van der Waals surface area contributed by atoms with E-state index in [9.17, 15) is 24.5 Å². The highest BCUT2D eigenvalue weighted by Gasteiger charge is 2.34. The third-order valence-corrected chi connectivity index (χ3v) is 6.90. The summed E-state index contributed by atoms with van der Waals surface area (Å²) in [5.74, 6) is -0.919. The van der Waals surface area contributed by atoms with Crippen molar-refractivity contribution in [2.75, 3.05) is 6.61 Å². The highest BCUT2D eigenvalue weighted by atomic mass is 79.9. The fourth-order valence-electron chi connectivity index (χ4n) is 3.94. The van der Waals surface area contributed by atoms with Gasteiger partial charge in [-0.3, -0.25) is 24.3 Å². The fraction of sp³-hybridized carbons (Fsp3) is 0.200. The third-order valence-electron chi connectivity index (χ3n) is 5.43. The van der Waals surface area contributed by atoms with Crippen LogP contribution < -0.4 is 19.6 Å². The van der Waals surface area contributed by atoms with Gasteiger partial charge in [-0.1, -0.05) is 39.4 Å². The molecule has 1 aromatic heterocycles. The summed E-state index contributed by atoms with van der Waals surface area (Å²) in [6, 6.07) is 9.77. The second-order valence-electron chi connectivity index (χ2n) is 7.93. The zero-order chi connectivity index (χ0) is 26.9. The normalized spacial score (nSPS) is 15.1. The Morgan fingerprint density at radius 2 is 2.03 bits per heavy atom. The molecule has 190 valence electrons. The molecular weight excluding hydrogens is 566 g/mol. The number of nitrogens with zero attached hydrogens (tertiary/aromatic N) is 3. The van der Waals surface area contributed by atoms with Gasteiger partial charge in [-0.25, -0.2) is 9.79 Å². The van der Waals surface area contributed by atoms with E-state index in [0.717, 1.165) is 11.3 Å². The first-order valence-corrected chi connectivity index (χ1v) is 12.6. The van der Waals surface area contributed by atoms with Crippen LogP contribution in [0.1, 0.15) is 37.9 Å². The Balaban J connectivity index is 1.98. The van der Waals surface area contributed by atoms with E-state index in [-0.39, 0.29) is 28.1 Å². The molecule has 0 unspecified atom stereocenters. The molecule has 2 heterocycles. The standard InChI is InChI=1S/C25H20BrN3O7S/c1-4-35-24(32)21-13(2)27-25-28(22(21)15-6-5-7-18(11-15)29(33)34)23(31)20(37-25)12-16-10-17(26)8-9-19(16)36-14(3)30/h5-12,22H,4H2,1-3H3/b20-12-/t22-/m0/s1. The Hall–Kier alpha value is -3.90. The molecule has 0 N–H and O–H groups in total. The van der Waals surface area contributed by atoms with Gasteiger partial charge in [0, 0.05) is 29.1 Å². The van der Waals surface area contributed by atoms with Crippen LogP contribution >= 0.6 is 27.3 Å². The molecule has 0 fully saturated rings. The largest absolute Gasteiger partial charge is 0.463 e. The number of ether oxygens (including phenoxy) is 2. The lowest BCUT2D eigenvalue weighted by molar-refractivity contribution is -0.384. The molecule has 4 rings (SSSR count). The molecule has 1 aliphatic heterocycles. The van der Waals surface area contributed by atoms with Gasteiger partial charge in [0.05, 0.1) is 33.4 Å². The number of aromatic nitrogens is 1. The Morgan fingerprint density at radius 1 is 1.27 bits per heavy atom. The van der Waals surface area contributed by atoms with Crippen LogP contribution in [0.2, 0.25) is 0 Å². The Bertz CT molecular complexity index is 1660. The Morgan fingerprint density at radius 3 is 2.70 bits per heavy atom. The summed E-state index contributed by atoms with van der Waals surface area (Å²) in [7, 11) is 0. The minimum absolute atomic E-state index is 0.101. The minimum Gasteiger partial charge on any atom is -0.463 e. The Labute approximate surface area is 222 Å². The second kappa shape index (κ2) is 10.6. The number of carbonyl (C=O) groups excluding carboxylic acids is 2. The van der Waals surface area contributed by atoms with Gasteiger partial charge >= 0.3 is 11.9 Å². The van der Waals surface area contributed by atoms with Gasteiger partial charge in [-0.05, 0) is 43.7 Å². The number of hydrogen-bond donors (Lipinski definition) is 0. The highest BCUT2D eigenvalue weighted by Crippen LogP contribution is 2.32. The molecule has 0 aliphatic carbocycles. The van der Waals surface area contributed by atoms with E-state index in [1.54, 1.807) is 44.2 Å². The fourth-order valence-corrected chi connectivity index (χ4v) is 5.35. The topological polar surface area (TPSA) is 130 Å². The second-order valence-corrected chi connectivity index (χ2v) is 9.85. The maximum atomic E-state index is 13.7. The van der Waals surface area contributed by atoms with Gasteiger partial charge in [0.15, 0.2) is 4.80 Å². The summed E-state index contributed by atoms with van der Waals surface area (Å²) in [6.45, 7) is 4.66. The maximum Gasteiger partial charge on any atom is 0.338 e. The number of rotatable bonds is 6. The maximum absolute atomic E-state index is 13.7. The molecule has 0 spiro atoms. The van der Waals surface area contributed by atoms with E-state index in [1.807, 2.05) is 0 Å². The lowest BCUT2D eigenvalue weighted by Gasteiger charge is -2.24. The SMILES string of the molecule is CCOC(=O)C1=C(C)N=c2s/c(=C\c3cc(Br)ccc3OC(C)=O)c(=O)n2[C@H]1c1cccc([N+](=O)[O-])c1. The van der Waals surface area contributed by atoms with E-state index >= 15 is 0 Å². The van der Waals surface area contributed by atoms with Crippen molar-refractivity contribution in [2.45, 2.75) is 26.8 Å². The number of nitro groups is 1. The molecule has 1 aliphatic rings. The summed E-state index contributed by atoms with van der Waals surface area (Å²) in [5.41, 5.74) is 0.640. The molecule has 0 saturated carbocycles. The molecule has 37 heavy (non-hydrogen) atoms. The molecular formula is C25H20BrN3O7S. The average Bonchev–Trinajstić information content (AvgIpc) is 3.14. The van der Waals surface area contributed by atoms with Crippen molar-refractivity contribution in [3.8, 4) is 5.75 Å². The predicted molar refractivity (Wildman–Crippen MR) is 139 cm³/mol. The van der Waals surface area contributed by atoms with Crippen LogP contribution in [0.15, 0.2) is 68.0 Å². The number of nitro benzene ring substituents is 1. The summed E-state index contributed by atoms with van der Waals surface area (Å²) >= 11 is 4.47. The molecule has 0 amide bonds. The van der Waals surface area contributed by atoms with Crippen molar-refractivity contribution < 1.29 is 24.0 Å². The van der Waals surface area contributed by atoms with Crippen molar-refractivity contribution in [3.63, 3.8) is 0 Å². The van der Waals surface area contributed by atoms with Gasteiger partial charge in [0.2, 0.25) is 0 Å². The molecule has 12 heteroatoms. The van der Waals surface area contributed by atoms with E-state index in [2.05, 4.69) is 20.9 Å². The molecule has 2 aromatic carbocycles. The van der Waals surface area contributed by atoms with Gasteiger partial charge in [0.25, 0.3) is 11.2 Å². The summed E-state index contributed by atoms with van der Waals surface area (Å²) in [6.07, 6.45) is 1.57. The van der Waals surface area contributed by atoms with Gasteiger partial charge in [-0.2, -0.15) is 0 Å². The molecule has 0 bridgehead atoms. The van der Waals surface area contributed by atoms with Gasteiger partial charge in [-0.15, -0.1) is 0 Å². The summed E-state index contributed by atoms with van der Waals surface area (Å²) in [4.78, 5) is 54.0. The smallest absolute Gasteiger partial charge is 0.338 e. The highest BCUT2D eigenvalue weighted by molar-refractivity contribution is 9.10. The molecule has 10 nitrogen and oxygen atoms in total. The average molecular weight is 586 g/mol. The van der Waals surface area contributed by atoms with Crippen LogP contribution in [0.4, 0.5) is 5.69 Å². The number of non-ortho nitro benzene ring substituents is 1. The molecule has 0 radical (unpaired) electrons. The first kappa shape index (κ1) is 26.2. The number of esters is 2. The minimum atomic E-state index is -0.993. The number of thiazole rings is 1. The van der Waals surface area contributed by atoms with Crippen LogP contribution in [-0.2, 0) is 14.3 Å². The van der Waals surface area contributed by atoms with Crippen molar-refractivity contribution in [2.24, 2.45) is 4.99 Å². The summed E-state index contributed by atoms with van der Waals surface area (Å²) < 4.78 is 12.8. The van der Waals surface area contributed by atoms with Crippen molar-refractivity contribution in [1.82, 2.24) is 4.57 Å². The van der Waals surface area contributed by atoms with Crippen LogP contribution in [0.3, 0.4) is 0 Å². The molecule has 3 aromatic rings. The van der Waals surface area contributed by atoms with Crippen LogP contribution in [-0.4, -0.2) is 28.0 Å².